The molecule has 3 atom stereocenters. The van der Waals surface area contributed by atoms with Gasteiger partial charge in [-0.3, -0.25) is 0 Å². The summed E-state index contributed by atoms with van der Waals surface area (Å²) in [6, 6.07) is 1.99. The molecule has 3 unspecified atom stereocenters. The van der Waals surface area contributed by atoms with E-state index in [0.717, 1.165) is 6.42 Å². The normalized spacial score (nSPS) is 37.0. The first-order chi connectivity index (χ1) is 5.29. The maximum Gasteiger partial charge on any atom is 0.107 e. The van der Waals surface area contributed by atoms with Gasteiger partial charge in [0.15, 0.2) is 0 Å². The Morgan fingerprint density at radius 2 is 2.45 bits per heavy atom. The Morgan fingerprint density at radius 3 is 2.91 bits per heavy atom. The number of nitrogens with zero attached hydrogens (tertiary/aromatic N) is 1. The Labute approximate surface area is 67.2 Å². The Balaban J connectivity index is 2.43. The Kier molecular flexibility index (Phi) is 2.87. The zero-order valence-electron chi connectivity index (χ0n) is 6.46. The van der Waals surface area contributed by atoms with Crippen LogP contribution in [0.25, 0.3) is 0 Å². The molecule has 60 valence electrons. The van der Waals surface area contributed by atoms with Crippen LogP contribution in [-0.2, 0) is 0 Å². The fourth-order valence-electron chi connectivity index (χ4n) is 1.54. The fourth-order valence-corrected chi connectivity index (χ4v) is 1.54. The van der Waals surface area contributed by atoms with Gasteiger partial charge in [-0.2, -0.15) is 5.26 Å². The lowest BCUT2D eigenvalue weighted by molar-refractivity contribution is 0.215. The van der Waals surface area contributed by atoms with Gasteiger partial charge in [0, 0.05) is 12.3 Å². The largest absolute Gasteiger partial charge is 0.247 e. The average Bonchev–Trinajstić information content (AvgIpc) is 2.34. The van der Waals surface area contributed by atoms with Crippen LogP contribution in [0, 0.1) is 36.5 Å². The van der Waals surface area contributed by atoms with Crippen molar-refractivity contribution < 1.29 is 4.39 Å². The minimum Gasteiger partial charge on any atom is -0.247 e. The summed E-state index contributed by atoms with van der Waals surface area (Å²) in [7, 11) is 0. The average molecular weight is 153 g/mol. The lowest BCUT2D eigenvalue weighted by Crippen LogP contribution is -2.15. The maximum absolute atomic E-state index is 13.2. The van der Waals surface area contributed by atoms with E-state index in [1.54, 1.807) is 0 Å². The first kappa shape index (κ1) is 8.52. The van der Waals surface area contributed by atoms with Crippen LogP contribution in [0.15, 0.2) is 0 Å². The molecule has 1 aliphatic rings. The molecule has 0 bridgehead atoms. The molecule has 1 fully saturated rings. The van der Waals surface area contributed by atoms with E-state index in [1.165, 1.54) is 0 Å². The van der Waals surface area contributed by atoms with Gasteiger partial charge < -0.3 is 0 Å². The molecular weight excluding hydrogens is 141 g/mol. The summed E-state index contributed by atoms with van der Waals surface area (Å²) in [5.74, 6) is -0.0694. The summed E-state index contributed by atoms with van der Waals surface area (Å²) >= 11 is 0. The molecular formula is C9H12FN. The van der Waals surface area contributed by atoms with Gasteiger partial charge in [-0.1, -0.05) is 6.92 Å². The van der Waals surface area contributed by atoms with Gasteiger partial charge in [0.2, 0.25) is 0 Å². The lowest BCUT2D eigenvalue weighted by Gasteiger charge is -2.12. The third-order valence-corrected chi connectivity index (χ3v) is 2.30. The van der Waals surface area contributed by atoms with Crippen molar-refractivity contribution in [2.75, 3.05) is 0 Å². The molecule has 2 heteroatoms. The van der Waals surface area contributed by atoms with E-state index in [9.17, 15) is 4.39 Å². The van der Waals surface area contributed by atoms with E-state index < -0.39 is 6.17 Å². The second-order valence-corrected chi connectivity index (χ2v) is 2.99. The number of halogens is 1. The molecule has 1 aliphatic carbocycles. The highest BCUT2D eigenvalue weighted by atomic mass is 19.1. The van der Waals surface area contributed by atoms with Crippen LogP contribution in [0.1, 0.15) is 19.3 Å². The Morgan fingerprint density at radius 1 is 1.73 bits per heavy atom. The summed E-state index contributed by atoms with van der Waals surface area (Å²) in [6.45, 7) is 3.67. The zero-order valence-corrected chi connectivity index (χ0v) is 6.46. The summed E-state index contributed by atoms with van der Waals surface area (Å²) in [4.78, 5) is 0. The molecule has 0 amide bonds. The SMILES string of the molecule is [CH2]CC1C[CH]C(CC#N)C1F. The number of alkyl halides is 1. The molecule has 0 saturated heterocycles. The highest BCUT2D eigenvalue weighted by Gasteiger charge is 2.34. The zero-order chi connectivity index (χ0) is 8.27. The minimum absolute atomic E-state index is 0.0633. The van der Waals surface area contributed by atoms with Crippen LogP contribution in [0.3, 0.4) is 0 Å². The molecule has 0 aliphatic heterocycles. The molecule has 1 rings (SSSR count). The lowest BCUT2D eigenvalue weighted by atomic mass is 9.98. The molecule has 0 aromatic carbocycles. The van der Waals surface area contributed by atoms with E-state index in [0.29, 0.717) is 12.8 Å². The van der Waals surface area contributed by atoms with Gasteiger partial charge in [0.05, 0.1) is 6.07 Å². The van der Waals surface area contributed by atoms with E-state index in [2.05, 4.69) is 6.92 Å². The van der Waals surface area contributed by atoms with Crippen LogP contribution in [0.5, 0.6) is 0 Å². The van der Waals surface area contributed by atoms with Crippen molar-refractivity contribution in [3.8, 4) is 6.07 Å². The van der Waals surface area contributed by atoms with Gasteiger partial charge in [0.25, 0.3) is 0 Å². The second kappa shape index (κ2) is 3.71. The molecule has 0 spiro atoms. The molecule has 0 aromatic heterocycles. The molecule has 11 heavy (non-hydrogen) atoms. The van der Waals surface area contributed by atoms with Crippen molar-refractivity contribution in [1.29, 1.82) is 5.26 Å². The van der Waals surface area contributed by atoms with Crippen LogP contribution in [0.4, 0.5) is 4.39 Å². The van der Waals surface area contributed by atoms with Crippen molar-refractivity contribution in [3.05, 3.63) is 13.3 Å². The Bertz CT molecular complexity index is 161. The van der Waals surface area contributed by atoms with E-state index in [1.807, 2.05) is 12.5 Å². The summed E-state index contributed by atoms with van der Waals surface area (Å²) < 4.78 is 13.2. The molecule has 1 nitrogen and oxygen atoms in total. The van der Waals surface area contributed by atoms with Gasteiger partial charge in [-0.25, -0.2) is 4.39 Å². The second-order valence-electron chi connectivity index (χ2n) is 2.99. The van der Waals surface area contributed by atoms with Crippen molar-refractivity contribution in [2.24, 2.45) is 11.8 Å². The first-order valence-corrected chi connectivity index (χ1v) is 3.93. The predicted octanol–water partition coefficient (Wildman–Crippen LogP) is 2.30. The van der Waals surface area contributed by atoms with Crippen LogP contribution in [0.2, 0.25) is 0 Å². The van der Waals surface area contributed by atoms with Gasteiger partial charge in [0.1, 0.15) is 6.17 Å². The summed E-state index contributed by atoms with van der Waals surface area (Å²) in [5, 5.41) is 8.35. The number of rotatable bonds is 2. The van der Waals surface area contributed by atoms with Crippen molar-refractivity contribution >= 4 is 0 Å². The molecule has 0 heterocycles. The summed E-state index contributed by atoms with van der Waals surface area (Å²) in [6.07, 6.45) is 2.84. The van der Waals surface area contributed by atoms with Gasteiger partial charge in [-0.05, 0) is 25.2 Å². The highest BCUT2D eigenvalue weighted by molar-refractivity contribution is 4.99. The smallest absolute Gasteiger partial charge is 0.107 e. The number of hydrogen-bond donors (Lipinski definition) is 0. The van der Waals surface area contributed by atoms with Crippen molar-refractivity contribution in [1.82, 2.24) is 0 Å². The monoisotopic (exact) mass is 153 g/mol. The molecule has 0 aromatic rings. The van der Waals surface area contributed by atoms with Crippen LogP contribution >= 0.6 is 0 Å². The molecule has 2 radical (unpaired) electrons. The first-order valence-electron chi connectivity index (χ1n) is 3.93. The fraction of sp³-hybridized carbons (Fsp3) is 0.667. The van der Waals surface area contributed by atoms with Gasteiger partial charge >= 0.3 is 0 Å². The van der Waals surface area contributed by atoms with E-state index in [-0.39, 0.29) is 11.8 Å². The third kappa shape index (κ3) is 1.71. The number of hydrogen-bond acceptors (Lipinski definition) is 1. The quantitative estimate of drug-likeness (QED) is 0.597. The Hall–Kier alpha value is -0.580. The van der Waals surface area contributed by atoms with E-state index in [4.69, 9.17) is 5.26 Å². The predicted molar refractivity (Wildman–Crippen MR) is 41.0 cm³/mol. The molecule has 1 saturated carbocycles. The van der Waals surface area contributed by atoms with Crippen molar-refractivity contribution in [2.45, 2.75) is 25.4 Å². The van der Waals surface area contributed by atoms with Crippen LogP contribution in [-0.4, -0.2) is 6.17 Å². The van der Waals surface area contributed by atoms with Crippen LogP contribution < -0.4 is 0 Å². The topological polar surface area (TPSA) is 23.8 Å². The third-order valence-electron chi connectivity index (χ3n) is 2.30. The minimum atomic E-state index is -0.827. The maximum atomic E-state index is 13.2. The highest BCUT2D eigenvalue weighted by Crippen LogP contribution is 2.36. The van der Waals surface area contributed by atoms with E-state index >= 15 is 0 Å². The molecule has 0 N–H and O–H groups in total. The number of nitriles is 1. The van der Waals surface area contributed by atoms with Gasteiger partial charge in [-0.15, -0.1) is 0 Å². The van der Waals surface area contributed by atoms with Crippen molar-refractivity contribution in [3.63, 3.8) is 0 Å². The standard InChI is InChI=1S/C9H12FN/c1-2-7-3-4-8(5-6-11)9(7)10/h4,7-9H,1-3,5H2. The summed E-state index contributed by atoms with van der Waals surface area (Å²) in [5.41, 5.74) is 0.